The second-order valence-electron chi connectivity index (χ2n) is 7.39. The predicted molar refractivity (Wildman–Crippen MR) is 107 cm³/mol. The van der Waals surface area contributed by atoms with Gasteiger partial charge in [0, 0.05) is 44.4 Å². The maximum absolute atomic E-state index is 14.8. The molecule has 7 nitrogen and oxygen atoms in total. The molecular formula is C21H23FN4O3. The number of methoxy groups -OCH3 is 1. The summed E-state index contributed by atoms with van der Waals surface area (Å²) >= 11 is 0. The summed E-state index contributed by atoms with van der Waals surface area (Å²) in [7, 11) is 3.40. The van der Waals surface area contributed by atoms with Crippen molar-refractivity contribution in [2.24, 2.45) is 13.0 Å². The number of aliphatic carboxylic acids is 1. The molecule has 0 aliphatic carbocycles. The Morgan fingerprint density at radius 1 is 1.34 bits per heavy atom. The standard InChI is InChI=1S/C21H23FN4O3/c1-25-6-3-14-9-15(10-17(22)19(14)25)18-20(24-16(11-23-18)12-29-2)26-7-4-13(5-8-26)21(27)28/h3,6,9-11,13H,4-5,7-8,12H2,1-2H3,(H,27,28). The number of hydrogen-bond acceptors (Lipinski definition) is 5. The van der Waals surface area contributed by atoms with Crippen LogP contribution in [0.2, 0.25) is 0 Å². The highest BCUT2D eigenvalue weighted by atomic mass is 19.1. The van der Waals surface area contributed by atoms with E-state index in [2.05, 4.69) is 4.98 Å². The normalized spacial score (nSPS) is 15.2. The molecule has 1 fully saturated rings. The van der Waals surface area contributed by atoms with Gasteiger partial charge in [-0.2, -0.15) is 0 Å². The van der Waals surface area contributed by atoms with Crippen molar-refractivity contribution >= 4 is 22.7 Å². The minimum Gasteiger partial charge on any atom is -0.481 e. The van der Waals surface area contributed by atoms with Gasteiger partial charge in [0.2, 0.25) is 0 Å². The first-order valence-corrected chi connectivity index (χ1v) is 9.55. The van der Waals surface area contributed by atoms with E-state index in [1.807, 2.05) is 30.3 Å². The van der Waals surface area contributed by atoms with E-state index in [9.17, 15) is 14.3 Å². The molecule has 0 saturated carbocycles. The van der Waals surface area contributed by atoms with Crippen LogP contribution >= 0.6 is 0 Å². The van der Waals surface area contributed by atoms with E-state index in [4.69, 9.17) is 9.72 Å². The van der Waals surface area contributed by atoms with Crippen molar-refractivity contribution in [3.63, 3.8) is 0 Å². The van der Waals surface area contributed by atoms with Gasteiger partial charge in [0.1, 0.15) is 11.5 Å². The Bertz CT molecular complexity index is 1060. The number of nitrogens with zero attached hydrogens (tertiary/aromatic N) is 4. The summed E-state index contributed by atoms with van der Waals surface area (Å²) < 4.78 is 21.7. The fraction of sp³-hybridized carbons (Fsp3) is 0.381. The molecule has 3 heterocycles. The highest BCUT2D eigenvalue weighted by Gasteiger charge is 2.27. The van der Waals surface area contributed by atoms with Crippen molar-refractivity contribution < 1.29 is 19.0 Å². The summed E-state index contributed by atoms with van der Waals surface area (Å²) in [6, 6.07) is 5.26. The second kappa shape index (κ2) is 7.79. The van der Waals surface area contributed by atoms with Crippen LogP contribution in [0.5, 0.6) is 0 Å². The Morgan fingerprint density at radius 2 is 2.10 bits per heavy atom. The number of aromatic nitrogens is 3. The van der Waals surface area contributed by atoms with Gasteiger partial charge in [-0.3, -0.25) is 9.78 Å². The van der Waals surface area contributed by atoms with Crippen LogP contribution in [-0.2, 0) is 23.2 Å². The molecule has 0 bridgehead atoms. The van der Waals surface area contributed by atoms with Crippen LogP contribution in [0, 0.1) is 11.7 Å². The molecule has 0 unspecified atom stereocenters. The summed E-state index contributed by atoms with van der Waals surface area (Å²) in [5.41, 5.74) is 2.45. The number of carbonyl (C=O) groups is 1. The number of ether oxygens (including phenoxy) is 1. The number of hydrogen-bond donors (Lipinski definition) is 1. The molecule has 0 amide bonds. The quantitative estimate of drug-likeness (QED) is 0.711. The number of piperidine rings is 1. The minimum atomic E-state index is -0.763. The van der Waals surface area contributed by atoms with Gasteiger partial charge >= 0.3 is 5.97 Å². The lowest BCUT2D eigenvalue weighted by molar-refractivity contribution is -0.142. The minimum absolute atomic E-state index is 0.316. The molecule has 1 saturated heterocycles. The molecule has 1 aliphatic rings. The summed E-state index contributed by atoms with van der Waals surface area (Å²) in [5, 5.41) is 10.1. The molecule has 152 valence electrons. The van der Waals surface area contributed by atoms with Crippen LogP contribution in [0.4, 0.5) is 10.2 Å². The topological polar surface area (TPSA) is 80.5 Å². The summed E-state index contributed by atoms with van der Waals surface area (Å²) in [6.45, 7) is 1.44. The highest BCUT2D eigenvalue weighted by Crippen LogP contribution is 2.33. The van der Waals surface area contributed by atoms with E-state index < -0.39 is 5.97 Å². The van der Waals surface area contributed by atoms with Gasteiger partial charge in [0.15, 0.2) is 5.82 Å². The number of anilines is 1. The fourth-order valence-electron chi connectivity index (χ4n) is 3.92. The lowest BCUT2D eigenvalue weighted by Crippen LogP contribution is -2.37. The van der Waals surface area contributed by atoms with Crippen LogP contribution in [0.25, 0.3) is 22.2 Å². The molecule has 29 heavy (non-hydrogen) atoms. The third-order valence-electron chi connectivity index (χ3n) is 5.44. The summed E-state index contributed by atoms with van der Waals surface area (Å²) in [5.74, 6) is -0.787. The SMILES string of the molecule is COCc1cnc(-c2cc(F)c3c(ccn3C)c2)c(N2CCC(C(=O)O)CC2)n1. The Balaban J connectivity index is 1.76. The highest BCUT2D eigenvalue weighted by molar-refractivity contribution is 5.87. The molecule has 0 spiro atoms. The lowest BCUT2D eigenvalue weighted by Gasteiger charge is -2.32. The number of benzene rings is 1. The van der Waals surface area contributed by atoms with E-state index in [0.717, 1.165) is 5.39 Å². The molecule has 0 atom stereocenters. The number of aryl methyl sites for hydroxylation is 1. The smallest absolute Gasteiger partial charge is 0.306 e. The van der Waals surface area contributed by atoms with Crippen molar-refractivity contribution in [1.82, 2.24) is 14.5 Å². The first-order chi connectivity index (χ1) is 14.0. The van der Waals surface area contributed by atoms with Gasteiger partial charge in [0.25, 0.3) is 0 Å². The number of carboxylic acids is 1. The molecule has 1 aromatic carbocycles. The zero-order chi connectivity index (χ0) is 20.5. The predicted octanol–water partition coefficient (Wildman–Crippen LogP) is 3.22. The van der Waals surface area contributed by atoms with Gasteiger partial charge in [-0.25, -0.2) is 9.37 Å². The average molecular weight is 398 g/mol. The Kier molecular flexibility index (Phi) is 5.19. The van der Waals surface area contributed by atoms with Crippen LogP contribution in [0.1, 0.15) is 18.5 Å². The van der Waals surface area contributed by atoms with E-state index in [0.29, 0.717) is 60.8 Å². The average Bonchev–Trinajstić information content (AvgIpc) is 3.09. The van der Waals surface area contributed by atoms with Crippen LogP contribution < -0.4 is 4.90 Å². The Hall–Kier alpha value is -3.00. The van der Waals surface area contributed by atoms with Crippen molar-refractivity contribution in [2.75, 3.05) is 25.1 Å². The fourth-order valence-corrected chi connectivity index (χ4v) is 3.92. The molecular weight excluding hydrogens is 375 g/mol. The molecule has 8 heteroatoms. The zero-order valence-corrected chi connectivity index (χ0v) is 16.4. The van der Waals surface area contributed by atoms with Gasteiger partial charge in [-0.15, -0.1) is 0 Å². The van der Waals surface area contributed by atoms with Crippen LogP contribution in [-0.4, -0.2) is 45.8 Å². The lowest BCUT2D eigenvalue weighted by atomic mass is 9.96. The van der Waals surface area contributed by atoms with Gasteiger partial charge in [-0.1, -0.05) is 0 Å². The van der Waals surface area contributed by atoms with Crippen molar-refractivity contribution in [1.29, 1.82) is 0 Å². The number of halogens is 1. The van der Waals surface area contributed by atoms with E-state index in [-0.39, 0.29) is 11.7 Å². The zero-order valence-electron chi connectivity index (χ0n) is 16.4. The monoisotopic (exact) mass is 398 g/mol. The molecule has 1 aliphatic heterocycles. The van der Waals surface area contributed by atoms with E-state index in [1.165, 1.54) is 6.07 Å². The number of fused-ring (bicyclic) bond motifs is 1. The third kappa shape index (κ3) is 3.67. The maximum atomic E-state index is 14.8. The Morgan fingerprint density at radius 3 is 2.79 bits per heavy atom. The largest absolute Gasteiger partial charge is 0.481 e. The molecule has 3 aromatic rings. The molecule has 0 radical (unpaired) electrons. The third-order valence-corrected chi connectivity index (χ3v) is 5.44. The molecule has 4 rings (SSSR count). The summed E-state index contributed by atoms with van der Waals surface area (Å²) in [6.07, 6.45) is 4.54. The maximum Gasteiger partial charge on any atom is 0.306 e. The van der Waals surface area contributed by atoms with E-state index >= 15 is 0 Å². The first-order valence-electron chi connectivity index (χ1n) is 9.55. The van der Waals surface area contributed by atoms with Gasteiger partial charge < -0.3 is 19.3 Å². The first kappa shape index (κ1) is 19.3. The van der Waals surface area contributed by atoms with Gasteiger partial charge in [0.05, 0.1) is 29.9 Å². The van der Waals surface area contributed by atoms with Crippen molar-refractivity contribution in [3.05, 3.63) is 42.1 Å². The van der Waals surface area contributed by atoms with Gasteiger partial charge in [-0.05, 0) is 31.0 Å². The number of rotatable bonds is 5. The van der Waals surface area contributed by atoms with Crippen LogP contribution in [0.3, 0.4) is 0 Å². The molecule has 1 N–H and O–H groups in total. The van der Waals surface area contributed by atoms with E-state index in [1.54, 1.807) is 17.9 Å². The number of carboxylic acid groups (broad SMARTS) is 1. The van der Waals surface area contributed by atoms with Crippen LogP contribution in [0.15, 0.2) is 30.6 Å². The van der Waals surface area contributed by atoms with Crippen molar-refractivity contribution in [3.8, 4) is 11.3 Å². The summed E-state index contributed by atoms with van der Waals surface area (Å²) in [4.78, 5) is 22.6. The molecule has 2 aromatic heterocycles. The Labute approximate surface area is 167 Å². The van der Waals surface area contributed by atoms with Crippen molar-refractivity contribution in [2.45, 2.75) is 19.4 Å². The second-order valence-corrected chi connectivity index (χ2v) is 7.39.